The Balaban J connectivity index is 2.34. The van der Waals surface area contributed by atoms with Gasteiger partial charge in [0, 0.05) is 17.7 Å². The van der Waals surface area contributed by atoms with E-state index in [9.17, 15) is 4.79 Å². The lowest BCUT2D eigenvalue weighted by Crippen LogP contribution is -2.43. The molecule has 20 heavy (non-hydrogen) atoms. The number of hydrogen-bond donors (Lipinski definition) is 2. The summed E-state index contributed by atoms with van der Waals surface area (Å²) in [6.07, 6.45) is 9.76. The highest BCUT2D eigenvalue weighted by Gasteiger charge is 2.25. The van der Waals surface area contributed by atoms with Crippen LogP contribution in [0.5, 0.6) is 0 Å². The lowest BCUT2D eigenvalue weighted by atomic mass is 9.88. The largest absolute Gasteiger partial charge is 0.352 e. The number of amides is 1. The molecule has 0 saturated heterocycles. The number of nitrogens with one attached hydrogen (secondary N) is 1. The molecule has 1 aliphatic carbocycles. The van der Waals surface area contributed by atoms with Crippen LogP contribution >= 0.6 is 11.8 Å². The van der Waals surface area contributed by atoms with Gasteiger partial charge in [0.15, 0.2) is 0 Å². The van der Waals surface area contributed by atoms with Crippen LogP contribution in [0.4, 0.5) is 0 Å². The Hall–Kier alpha value is -0.220. The molecule has 0 aliphatic heterocycles. The minimum atomic E-state index is 0.235. The van der Waals surface area contributed by atoms with Gasteiger partial charge in [0.1, 0.15) is 0 Å². The fourth-order valence-electron chi connectivity index (χ4n) is 3.16. The van der Waals surface area contributed by atoms with Crippen molar-refractivity contribution in [3.63, 3.8) is 0 Å². The molecule has 0 aromatic rings. The van der Waals surface area contributed by atoms with Crippen LogP contribution in [0.25, 0.3) is 0 Å². The van der Waals surface area contributed by atoms with Crippen molar-refractivity contribution in [1.82, 2.24) is 5.32 Å². The molecule has 3 atom stereocenters. The molecule has 3 unspecified atom stereocenters. The quantitative estimate of drug-likeness (QED) is 0.724. The second-order valence-corrected chi connectivity index (χ2v) is 7.43. The summed E-state index contributed by atoms with van der Waals surface area (Å²) < 4.78 is 0. The summed E-state index contributed by atoms with van der Waals surface area (Å²) in [7, 11) is 0. The van der Waals surface area contributed by atoms with E-state index < -0.39 is 0 Å². The predicted octanol–water partition coefficient (Wildman–Crippen LogP) is 3.18. The maximum Gasteiger partial charge on any atom is 0.220 e. The molecule has 4 heteroatoms. The van der Waals surface area contributed by atoms with Crippen molar-refractivity contribution in [3.05, 3.63) is 0 Å². The predicted molar refractivity (Wildman–Crippen MR) is 88.9 cm³/mol. The zero-order valence-corrected chi connectivity index (χ0v) is 14.2. The van der Waals surface area contributed by atoms with E-state index in [-0.39, 0.29) is 5.91 Å². The van der Waals surface area contributed by atoms with Crippen molar-refractivity contribution >= 4 is 17.7 Å². The van der Waals surface area contributed by atoms with Crippen LogP contribution in [0.1, 0.15) is 58.8 Å². The highest BCUT2D eigenvalue weighted by Crippen LogP contribution is 2.27. The van der Waals surface area contributed by atoms with Crippen LogP contribution < -0.4 is 11.1 Å². The molecule has 1 saturated carbocycles. The molecule has 0 radical (unpaired) electrons. The average Bonchev–Trinajstić information content (AvgIpc) is 2.43. The molecule has 0 aromatic heterocycles. The van der Waals surface area contributed by atoms with Gasteiger partial charge in [0.2, 0.25) is 5.91 Å². The summed E-state index contributed by atoms with van der Waals surface area (Å²) in [5, 5.41) is 3.87. The summed E-state index contributed by atoms with van der Waals surface area (Å²) in [5.74, 6) is 1.42. The van der Waals surface area contributed by atoms with Gasteiger partial charge >= 0.3 is 0 Å². The molecule has 3 N–H and O–H groups in total. The summed E-state index contributed by atoms with van der Waals surface area (Å²) in [4.78, 5) is 12.2. The zero-order chi connectivity index (χ0) is 15.0. The van der Waals surface area contributed by atoms with Gasteiger partial charge in [-0.25, -0.2) is 0 Å². The highest BCUT2D eigenvalue weighted by atomic mass is 32.2. The van der Waals surface area contributed by atoms with Crippen molar-refractivity contribution in [2.45, 2.75) is 70.1 Å². The van der Waals surface area contributed by atoms with Gasteiger partial charge in [-0.05, 0) is 50.3 Å². The third kappa shape index (κ3) is 6.04. The Labute approximate surface area is 128 Å². The molecule has 1 rings (SSSR count). The van der Waals surface area contributed by atoms with E-state index in [1.807, 2.05) is 11.8 Å². The minimum absolute atomic E-state index is 0.235. The summed E-state index contributed by atoms with van der Waals surface area (Å²) in [6, 6.07) is 0.387. The first-order valence-corrected chi connectivity index (χ1v) is 9.39. The Morgan fingerprint density at radius 1 is 1.30 bits per heavy atom. The van der Waals surface area contributed by atoms with Crippen molar-refractivity contribution < 1.29 is 4.79 Å². The highest BCUT2D eigenvalue weighted by molar-refractivity contribution is 7.99. The van der Waals surface area contributed by atoms with Crippen molar-refractivity contribution in [3.8, 4) is 0 Å². The van der Waals surface area contributed by atoms with Gasteiger partial charge in [-0.1, -0.05) is 26.7 Å². The van der Waals surface area contributed by atoms with E-state index in [0.717, 1.165) is 25.8 Å². The average molecular weight is 301 g/mol. The van der Waals surface area contributed by atoms with Gasteiger partial charge in [-0.3, -0.25) is 4.79 Å². The number of nitrogens with two attached hydrogens (primary N) is 1. The standard InChI is InChI=1S/C16H32N2OS/c1-12(2)13(10-11-17)8-9-16(19)18-14-6-4-5-7-15(14)20-3/h12-15H,4-11,17H2,1-3H3,(H,18,19). The monoisotopic (exact) mass is 300 g/mol. The number of thioether (sulfide) groups is 1. The van der Waals surface area contributed by atoms with E-state index in [0.29, 0.717) is 29.5 Å². The van der Waals surface area contributed by atoms with Crippen molar-refractivity contribution in [2.24, 2.45) is 17.6 Å². The fraction of sp³-hybridized carbons (Fsp3) is 0.938. The summed E-state index contributed by atoms with van der Waals surface area (Å²) in [6.45, 7) is 5.17. The molecule has 118 valence electrons. The lowest BCUT2D eigenvalue weighted by molar-refractivity contribution is -0.122. The maximum absolute atomic E-state index is 12.2. The number of carbonyl (C=O) groups is 1. The van der Waals surface area contributed by atoms with E-state index in [1.165, 1.54) is 19.3 Å². The van der Waals surface area contributed by atoms with Gasteiger partial charge in [-0.2, -0.15) is 11.8 Å². The minimum Gasteiger partial charge on any atom is -0.352 e. The first-order chi connectivity index (χ1) is 9.58. The second-order valence-electron chi connectivity index (χ2n) is 6.35. The first-order valence-electron chi connectivity index (χ1n) is 8.10. The normalized spacial score (nSPS) is 24.6. The molecule has 1 fully saturated rings. The van der Waals surface area contributed by atoms with Gasteiger partial charge < -0.3 is 11.1 Å². The van der Waals surface area contributed by atoms with Crippen LogP contribution in [0.15, 0.2) is 0 Å². The van der Waals surface area contributed by atoms with E-state index >= 15 is 0 Å². The summed E-state index contributed by atoms with van der Waals surface area (Å²) in [5.41, 5.74) is 5.66. The molecular formula is C16H32N2OS. The van der Waals surface area contributed by atoms with Gasteiger partial charge in [0.25, 0.3) is 0 Å². The number of carbonyl (C=O) groups excluding carboxylic acids is 1. The molecule has 0 aromatic carbocycles. The van der Waals surface area contributed by atoms with E-state index in [1.54, 1.807) is 0 Å². The third-order valence-electron chi connectivity index (χ3n) is 4.57. The third-order valence-corrected chi connectivity index (χ3v) is 5.74. The SMILES string of the molecule is CSC1CCCCC1NC(=O)CCC(CCN)C(C)C. The topological polar surface area (TPSA) is 55.1 Å². The Bertz CT molecular complexity index is 284. The van der Waals surface area contributed by atoms with Crippen LogP contribution in [0, 0.1) is 11.8 Å². The van der Waals surface area contributed by atoms with E-state index in [4.69, 9.17) is 5.73 Å². The van der Waals surface area contributed by atoms with Crippen molar-refractivity contribution in [1.29, 1.82) is 0 Å². The number of hydrogen-bond acceptors (Lipinski definition) is 3. The number of rotatable bonds is 8. The maximum atomic E-state index is 12.2. The molecule has 1 aliphatic rings. The van der Waals surface area contributed by atoms with Crippen LogP contribution in [0.3, 0.4) is 0 Å². The Morgan fingerprint density at radius 3 is 2.60 bits per heavy atom. The zero-order valence-electron chi connectivity index (χ0n) is 13.4. The molecule has 1 amide bonds. The molecule has 0 heterocycles. The Kier molecular flexibility index (Phi) is 8.62. The van der Waals surface area contributed by atoms with Crippen LogP contribution in [0.2, 0.25) is 0 Å². The fourth-order valence-corrected chi connectivity index (χ4v) is 4.10. The molecule has 3 nitrogen and oxygen atoms in total. The van der Waals surface area contributed by atoms with Crippen LogP contribution in [-0.2, 0) is 4.79 Å². The first kappa shape index (κ1) is 17.8. The van der Waals surface area contributed by atoms with Gasteiger partial charge in [0.05, 0.1) is 0 Å². The van der Waals surface area contributed by atoms with Gasteiger partial charge in [-0.15, -0.1) is 0 Å². The lowest BCUT2D eigenvalue weighted by Gasteiger charge is -2.31. The summed E-state index contributed by atoms with van der Waals surface area (Å²) >= 11 is 1.90. The molecule has 0 bridgehead atoms. The van der Waals surface area contributed by atoms with Crippen LogP contribution in [-0.4, -0.2) is 30.0 Å². The second kappa shape index (κ2) is 9.67. The molecular weight excluding hydrogens is 268 g/mol. The van der Waals surface area contributed by atoms with E-state index in [2.05, 4.69) is 25.4 Å². The van der Waals surface area contributed by atoms with Crippen molar-refractivity contribution in [2.75, 3.05) is 12.8 Å². The Morgan fingerprint density at radius 2 is 2.00 bits per heavy atom. The smallest absolute Gasteiger partial charge is 0.220 e. The molecule has 0 spiro atoms.